The minimum atomic E-state index is -0.780. The van der Waals surface area contributed by atoms with Crippen LogP contribution in [0, 0.1) is 5.41 Å². The van der Waals surface area contributed by atoms with E-state index in [-0.39, 0.29) is 33.8 Å². The monoisotopic (exact) mass is 382 g/mol. The number of allylic oxidation sites excluding steroid dienone is 1. The summed E-state index contributed by atoms with van der Waals surface area (Å²) in [6, 6.07) is 0. The molecule has 7 heteroatoms. The zero-order chi connectivity index (χ0) is 15.0. The molecule has 0 aliphatic heterocycles. The van der Waals surface area contributed by atoms with Gasteiger partial charge in [-0.15, -0.1) is 0 Å². The fourth-order valence-electron chi connectivity index (χ4n) is 0.955. The number of alkyl halides is 1. The van der Waals surface area contributed by atoms with Crippen LogP contribution in [0.4, 0.5) is 0 Å². The first-order chi connectivity index (χ1) is 8.81. The molecule has 0 aliphatic carbocycles. The summed E-state index contributed by atoms with van der Waals surface area (Å²) in [4.78, 5) is 24.5. The summed E-state index contributed by atoms with van der Waals surface area (Å²) in [6.45, 7) is 6.01. The zero-order valence-corrected chi connectivity index (χ0v) is 13.2. The summed E-state index contributed by atoms with van der Waals surface area (Å²) >= 11 is -0.634. The van der Waals surface area contributed by atoms with E-state index < -0.39 is 33.1 Å². The van der Waals surface area contributed by atoms with Crippen molar-refractivity contribution >= 4 is 15.7 Å². The topological polar surface area (TPSA) is 96.7 Å². The Bertz CT molecular complexity index is 424. The molecule has 0 radical (unpaired) electrons. The van der Waals surface area contributed by atoms with Gasteiger partial charge in [-0.1, -0.05) is 0 Å². The molecule has 19 heavy (non-hydrogen) atoms. The number of carbonyl (C=O) groups excluding carboxylic acids is 2. The van der Waals surface area contributed by atoms with Gasteiger partial charge in [0, 0.05) is 0 Å². The number of hydrogen-bond acceptors (Lipinski definition) is 6. The van der Waals surface area contributed by atoms with Crippen molar-refractivity contribution in [1.82, 2.24) is 0 Å². The molecule has 0 unspecified atom stereocenters. The third-order valence-corrected chi connectivity index (χ3v) is 3.49. The molecular formula is C12H17INO5-. The van der Waals surface area contributed by atoms with Crippen molar-refractivity contribution in [3.63, 3.8) is 0 Å². The second kappa shape index (κ2) is 8.68. The van der Waals surface area contributed by atoms with Gasteiger partial charge in [-0.25, -0.2) is 0 Å². The Balaban J connectivity index is 4.31. The van der Waals surface area contributed by atoms with Crippen LogP contribution in [0.15, 0.2) is 23.5 Å². The molecule has 0 aromatic rings. The molecule has 0 aromatic heterocycles. The second-order valence-electron chi connectivity index (χ2n) is 3.52. The van der Waals surface area contributed by atoms with Gasteiger partial charge in [-0.2, -0.15) is 0 Å². The third kappa shape index (κ3) is 6.37. The molecule has 0 amide bonds. The number of nitrogens with one attached hydrogen (secondary N) is 1. The van der Waals surface area contributed by atoms with Crippen LogP contribution in [0.25, 0.3) is 0 Å². The van der Waals surface area contributed by atoms with Crippen LogP contribution >= 0.6 is 0 Å². The van der Waals surface area contributed by atoms with Crippen molar-refractivity contribution < 1.29 is 45.4 Å². The van der Waals surface area contributed by atoms with E-state index in [1.54, 1.807) is 4.93 Å². The first-order valence-electron chi connectivity index (χ1n) is 5.29. The summed E-state index contributed by atoms with van der Waals surface area (Å²) in [5.41, 5.74) is 0.150. The van der Waals surface area contributed by atoms with Gasteiger partial charge in [0.05, 0.1) is 0 Å². The van der Waals surface area contributed by atoms with E-state index in [1.807, 2.05) is 0 Å². The van der Waals surface area contributed by atoms with Crippen LogP contribution in [-0.4, -0.2) is 38.9 Å². The van der Waals surface area contributed by atoms with Crippen LogP contribution in [0.1, 0.15) is 13.8 Å². The molecule has 0 rings (SSSR count). The number of ether oxygens (including phenoxy) is 2. The number of esters is 2. The number of halogens is 1. The van der Waals surface area contributed by atoms with Gasteiger partial charge in [-0.3, -0.25) is 0 Å². The Morgan fingerprint density at radius 3 is 2.05 bits per heavy atom. The van der Waals surface area contributed by atoms with Crippen molar-refractivity contribution in [3.05, 3.63) is 23.5 Å². The van der Waals surface area contributed by atoms with Crippen molar-refractivity contribution in [2.24, 2.45) is 0 Å². The van der Waals surface area contributed by atoms with Crippen LogP contribution < -0.4 is 21.2 Å². The number of hydrogen-bond donors (Lipinski definition) is 2. The van der Waals surface area contributed by atoms with Gasteiger partial charge in [0.25, 0.3) is 0 Å². The first kappa shape index (κ1) is 17.6. The van der Waals surface area contributed by atoms with Crippen molar-refractivity contribution in [1.29, 1.82) is 5.41 Å². The van der Waals surface area contributed by atoms with Crippen LogP contribution in [-0.2, 0) is 19.1 Å². The average molecular weight is 382 g/mol. The van der Waals surface area contributed by atoms with E-state index in [4.69, 9.17) is 14.9 Å². The van der Waals surface area contributed by atoms with E-state index in [0.717, 1.165) is 0 Å². The van der Waals surface area contributed by atoms with E-state index >= 15 is 0 Å². The molecule has 0 heterocycles. The Hall–Kier alpha value is -1.38. The van der Waals surface area contributed by atoms with Gasteiger partial charge >= 0.3 is 122 Å². The van der Waals surface area contributed by atoms with Crippen molar-refractivity contribution in [3.8, 4) is 0 Å². The minimum absolute atomic E-state index is 0.0936. The fraction of sp³-hybridized carbons (Fsp3) is 0.417. The number of rotatable bonds is 7. The Kier molecular flexibility index (Phi) is 8.05. The zero-order valence-electron chi connectivity index (χ0n) is 11.1. The van der Waals surface area contributed by atoms with E-state index in [1.165, 1.54) is 13.8 Å². The summed E-state index contributed by atoms with van der Waals surface area (Å²) in [5, 5.41) is 17.0. The summed E-state index contributed by atoms with van der Waals surface area (Å²) in [6.07, 6.45) is 0. The van der Waals surface area contributed by atoms with Gasteiger partial charge in [0.2, 0.25) is 0 Å². The third-order valence-electron chi connectivity index (χ3n) is 1.87. The average Bonchev–Trinajstić information content (AvgIpc) is 2.33. The first-order valence-corrected chi connectivity index (χ1v) is 8.52. The molecule has 0 aromatic carbocycles. The van der Waals surface area contributed by atoms with Crippen LogP contribution in [0.2, 0.25) is 0 Å². The normalized spacial score (nSPS) is 11.5. The standard InChI is InChI=1S/C12H17INO5/c1-7(2)11(16)18-5-6-19-12(17)9(8(3)15)10(14)13-4/h14-15H,1,5-6H2,2-4H3/q-1. The molecule has 0 bridgehead atoms. The van der Waals surface area contributed by atoms with Crippen LogP contribution in [0.5, 0.6) is 0 Å². The number of aliphatic hydroxyl groups excluding tert-OH is 1. The maximum atomic E-state index is 11.6. The van der Waals surface area contributed by atoms with Crippen LogP contribution in [0.3, 0.4) is 0 Å². The molecule has 0 fully saturated rings. The molecule has 6 nitrogen and oxygen atoms in total. The molecule has 0 saturated carbocycles. The van der Waals surface area contributed by atoms with Gasteiger partial charge < -0.3 is 0 Å². The predicted molar refractivity (Wildman–Crippen MR) is 65.7 cm³/mol. The Morgan fingerprint density at radius 1 is 1.21 bits per heavy atom. The van der Waals surface area contributed by atoms with Gasteiger partial charge in [0.1, 0.15) is 0 Å². The fourth-order valence-corrected chi connectivity index (χ4v) is 2.10. The summed E-state index contributed by atoms with van der Waals surface area (Å²) < 4.78 is 9.67. The molecule has 0 spiro atoms. The van der Waals surface area contributed by atoms with Crippen molar-refractivity contribution in [2.75, 3.05) is 18.1 Å². The van der Waals surface area contributed by atoms with Crippen molar-refractivity contribution in [2.45, 2.75) is 13.8 Å². The molecule has 2 N–H and O–H groups in total. The van der Waals surface area contributed by atoms with E-state index in [0.29, 0.717) is 0 Å². The SMILES string of the molecule is C=C(C)C(=O)OCCOC(=O)C(C(=N)[I-]C)=C(C)O. The Labute approximate surface area is 122 Å². The summed E-state index contributed by atoms with van der Waals surface area (Å²) in [7, 11) is 0. The van der Waals surface area contributed by atoms with Gasteiger partial charge in [0.15, 0.2) is 0 Å². The quantitative estimate of drug-likeness (QED) is 0.103. The predicted octanol–water partition coefficient (Wildman–Crippen LogP) is -1.82. The molecule has 0 saturated heterocycles. The number of carbonyl (C=O) groups is 2. The van der Waals surface area contributed by atoms with E-state index in [2.05, 4.69) is 6.58 Å². The second-order valence-corrected chi connectivity index (χ2v) is 5.67. The summed E-state index contributed by atoms with van der Waals surface area (Å²) in [5.74, 6) is -1.58. The molecule has 0 atom stereocenters. The molecule has 0 aliphatic rings. The maximum absolute atomic E-state index is 11.6. The number of aliphatic hydroxyl groups is 1. The van der Waals surface area contributed by atoms with Gasteiger partial charge in [-0.05, 0) is 0 Å². The van der Waals surface area contributed by atoms with E-state index in [9.17, 15) is 14.7 Å². The molecule has 108 valence electrons. The molecular weight excluding hydrogens is 365 g/mol. The Morgan fingerprint density at radius 2 is 1.68 bits per heavy atom.